The average molecular weight is 260 g/mol. The Kier molecular flexibility index (Phi) is 2.98. The van der Waals surface area contributed by atoms with Gasteiger partial charge in [-0.15, -0.1) is 0 Å². The van der Waals surface area contributed by atoms with E-state index < -0.39 is 5.97 Å². The molecular weight excluding hydrogens is 244 g/mol. The maximum atomic E-state index is 11.1. The summed E-state index contributed by atoms with van der Waals surface area (Å²) in [6.07, 6.45) is 1.90. The molecule has 2 aromatic rings. The summed E-state index contributed by atoms with van der Waals surface area (Å²) >= 11 is 0. The molecule has 0 spiro atoms. The van der Waals surface area contributed by atoms with Gasteiger partial charge in [0.05, 0.1) is 16.6 Å². The highest BCUT2D eigenvalue weighted by atomic mass is 16.5. The SMILES string of the molecule is Cc1nc2ccc(C(=O)O)cc2n1C1CCOCC1. The van der Waals surface area contributed by atoms with Crippen LogP contribution in [-0.2, 0) is 4.74 Å². The van der Waals surface area contributed by atoms with Crippen LogP contribution in [-0.4, -0.2) is 33.8 Å². The molecule has 0 aliphatic carbocycles. The van der Waals surface area contributed by atoms with Crippen molar-refractivity contribution in [3.63, 3.8) is 0 Å². The lowest BCUT2D eigenvalue weighted by atomic mass is 10.1. The van der Waals surface area contributed by atoms with Crippen LogP contribution in [0.25, 0.3) is 11.0 Å². The minimum atomic E-state index is -0.903. The Balaban J connectivity index is 2.13. The molecule has 0 bridgehead atoms. The van der Waals surface area contributed by atoms with Crippen molar-refractivity contribution in [1.29, 1.82) is 0 Å². The van der Waals surface area contributed by atoms with Crippen molar-refractivity contribution in [2.45, 2.75) is 25.8 Å². The number of carboxylic acid groups (broad SMARTS) is 1. The topological polar surface area (TPSA) is 64.3 Å². The summed E-state index contributed by atoms with van der Waals surface area (Å²) in [5.74, 6) is 0.0312. The van der Waals surface area contributed by atoms with Crippen LogP contribution >= 0.6 is 0 Å². The van der Waals surface area contributed by atoms with E-state index in [1.54, 1.807) is 18.2 Å². The predicted molar refractivity (Wildman–Crippen MR) is 70.5 cm³/mol. The summed E-state index contributed by atoms with van der Waals surface area (Å²) in [5, 5.41) is 9.10. The first-order chi connectivity index (χ1) is 9.16. The number of rotatable bonds is 2. The molecule has 0 radical (unpaired) electrons. The molecule has 5 nitrogen and oxygen atoms in total. The molecular formula is C14H16N2O3. The first-order valence-electron chi connectivity index (χ1n) is 6.46. The van der Waals surface area contributed by atoms with E-state index in [1.807, 2.05) is 6.92 Å². The van der Waals surface area contributed by atoms with Crippen LogP contribution in [0.15, 0.2) is 18.2 Å². The van der Waals surface area contributed by atoms with Crippen molar-refractivity contribution in [2.75, 3.05) is 13.2 Å². The van der Waals surface area contributed by atoms with E-state index in [1.165, 1.54) is 0 Å². The number of fused-ring (bicyclic) bond motifs is 1. The zero-order chi connectivity index (χ0) is 13.4. The lowest BCUT2D eigenvalue weighted by molar-refractivity contribution is 0.0690. The van der Waals surface area contributed by atoms with Gasteiger partial charge in [0.15, 0.2) is 0 Å². The van der Waals surface area contributed by atoms with E-state index in [0.29, 0.717) is 11.6 Å². The molecule has 1 N–H and O–H groups in total. The molecule has 0 atom stereocenters. The van der Waals surface area contributed by atoms with Crippen molar-refractivity contribution in [3.8, 4) is 0 Å². The minimum Gasteiger partial charge on any atom is -0.478 e. The third-order valence-corrected chi connectivity index (χ3v) is 3.67. The second-order valence-electron chi connectivity index (χ2n) is 4.88. The number of benzene rings is 1. The van der Waals surface area contributed by atoms with Crippen LogP contribution in [0.2, 0.25) is 0 Å². The van der Waals surface area contributed by atoms with Crippen molar-refractivity contribution in [1.82, 2.24) is 9.55 Å². The largest absolute Gasteiger partial charge is 0.478 e. The van der Waals surface area contributed by atoms with Crippen LogP contribution in [0.3, 0.4) is 0 Å². The van der Waals surface area contributed by atoms with Gasteiger partial charge in [-0.05, 0) is 38.0 Å². The summed E-state index contributed by atoms with van der Waals surface area (Å²) in [6, 6.07) is 5.45. The lowest BCUT2D eigenvalue weighted by Gasteiger charge is -2.25. The monoisotopic (exact) mass is 260 g/mol. The van der Waals surface area contributed by atoms with Crippen LogP contribution in [0, 0.1) is 6.92 Å². The molecule has 1 fully saturated rings. The molecule has 1 aliphatic heterocycles. The number of imidazole rings is 1. The fraction of sp³-hybridized carbons (Fsp3) is 0.429. The van der Waals surface area contributed by atoms with Gasteiger partial charge in [0.2, 0.25) is 0 Å². The molecule has 1 aliphatic rings. The number of aromatic nitrogens is 2. The maximum Gasteiger partial charge on any atom is 0.335 e. The summed E-state index contributed by atoms with van der Waals surface area (Å²) in [7, 11) is 0. The summed E-state index contributed by atoms with van der Waals surface area (Å²) < 4.78 is 7.54. The summed E-state index contributed by atoms with van der Waals surface area (Å²) in [6.45, 7) is 3.47. The van der Waals surface area contributed by atoms with Gasteiger partial charge < -0.3 is 14.4 Å². The van der Waals surface area contributed by atoms with Crippen molar-refractivity contribution in [3.05, 3.63) is 29.6 Å². The fourth-order valence-electron chi connectivity index (χ4n) is 2.75. The van der Waals surface area contributed by atoms with E-state index in [0.717, 1.165) is 42.9 Å². The first kappa shape index (κ1) is 12.2. The summed E-state index contributed by atoms with van der Waals surface area (Å²) in [4.78, 5) is 15.6. The molecule has 2 heterocycles. The Hall–Kier alpha value is -1.88. The molecule has 0 unspecified atom stereocenters. The van der Waals surface area contributed by atoms with E-state index in [9.17, 15) is 4.79 Å². The van der Waals surface area contributed by atoms with Gasteiger partial charge in [-0.3, -0.25) is 0 Å². The number of aromatic carboxylic acids is 1. The molecule has 3 rings (SSSR count). The van der Waals surface area contributed by atoms with Crippen LogP contribution in [0.4, 0.5) is 0 Å². The van der Waals surface area contributed by atoms with Crippen molar-refractivity contribution >= 4 is 17.0 Å². The molecule has 5 heteroatoms. The lowest BCUT2D eigenvalue weighted by Crippen LogP contribution is -2.20. The molecule has 100 valence electrons. The van der Waals surface area contributed by atoms with Gasteiger partial charge in [-0.2, -0.15) is 0 Å². The van der Waals surface area contributed by atoms with E-state index >= 15 is 0 Å². The average Bonchev–Trinajstić information content (AvgIpc) is 2.74. The number of ether oxygens (including phenoxy) is 1. The number of carbonyl (C=O) groups is 1. The number of hydrogen-bond acceptors (Lipinski definition) is 3. The van der Waals surface area contributed by atoms with Crippen LogP contribution in [0.1, 0.15) is 35.1 Å². The van der Waals surface area contributed by atoms with Gasteiger partial charge in [0, 0.05) is 19.3 Å². The van der Waals surface area contributed by atoms with Gasteiger partial charge in [-0.25, -0.2) is 9.78 Å². The highest BCUT2D eigenvalue weighted by molar-refractivity contribution is 5.92. The zero-order valence-electron chi connectivity index (χ0n) is 10.8. The highest BCUT2D eigenvalue weighted by Crippen LogP contribution is 2.28. The number of aryl methyl sites for hydroxylation is 1. The van der Waals surface area contributed by atoms with Gasteiger partial charge in [0.1, 0.15) is 5.82 Å². The van der Waals surface area contributed by atoms with Crippen molar-refractivity contribution in [2.24, 2.45) is 0 Å². The first-order valence-corrected chi connectivity index (χ1v) is 6.46. The maximum absolute atomic E-state index is 11.1. The number of carboxylic acids is 1. The Morgan fingerprint density at radius 2 is 2.16 bits per heavy atom. The van der Waals surface area contributed by atoms with Crippen molar-refractivity contribution < 1.29 is 14.6 Å². The number of nitrogens with zero attached hydrogens (tertiary/aromatic N) is 2. The van der Waals surface area contributed by atoms with Gasteiger partial charge >= 0.3 is 5.97 Å². The number of hydrogen-bond donors (Lipinski definition) is 1. The van der Waals surface area contributed by atoms with Crippen LogP contribution < -0.4 is 0 Å². The van der Waals surface area contributed by atoms with E-state index in [4.69, 9.17) is 9.84 Å². The smallest absolute Gasteiger partial charge is 0.335 e. The standard InChI is InChI=1S/C14H16N2O3/c1-9-15-12-3-2-10(14(17)18)8-13(12)16(9)11-4-6-19-7-5-11/h2-3,8,11H,4-7H2,1H3,(H,17,18). The van der Waals surface area contributed by atoms with E-state index in [2.05, 4.69) is 9.55 Å². The Morgan fingerprint density at radius 1 is 1.42 bits per heavy atom. The Labute approximate surface area is 110 Å². The highest BCUT2D eigenvalue weighted by Gasteiger charge is 2.20. The molecule has 0 saturated carbocycles. The molecule has 0 amide bonds. The molecule has 19 heavy (non-hydrogen) atoms. The third-order valence-electron chi connectivity index (χ3n) is 3.67. The molecule has 1 saturated heterocycles. The van der Waals surface area contributed by atoms with Crippen LogP contribution in [0.5, 0.6) is 0 Å². The normalized spacial score (nSPS) is 16.9. The Morgan fingerprint density at radius 3 is 2.84 bits per heavy atom. The predicted octanol–water partition coefficient (Wildman–Crippen LogP) is 2.39. The molecule has 1 aromatic heterocycles. The van der Waals surface area contributed by atoms with Gasteiger partial charge in [0.25, 0.3) is 0 Å². The second kappa shape index (κ2) is 4.66. The Bertz CT molecular complexity index is 627. The third kappa shape index (κ3) is 2.10. The fourth-order valence-corrected chi connectivity index (χ4v) is 2.75. The van der Waals surface area contributed by atoms with E-state index in [-0.39, 0.29) is 0 Å². The minimum absolute atomic E-state index is 0.306. The summed E-state index contributed by atoms with van der Waals surface area (Å²) in [5.41, 5.74) is 2.07. The molecule has 1 aromatic carbocycles. The van der Waals surface area contributed by atoms with Gasteiger partial charge in [-0.1, -0.05) is 0 Å². The zero-order valence-corrected chi connectivity index (χ0v) is 10.8. The second-order valence-corrected chi connectivity index (χ2v) is 4.88. The quantitative estimate of drug-likeness (QED) is 0.900.